The van der Waals surface area contributed by atoms with Crippen molar-refractivity contribution >= 4 is 11.4 Å². The summed E-state index contributed by atoms with van der Waals surface area (Å²) in [5, 5.41) is 20.2. The van der Waals surface area contributed by atoms with Gasteiger partial charge in [0, 0.05) is 45.4 Å². The molecule has 7 heteroatoms. The van der Waals surface area contributed by atoms with Crippen LogP contribution in [0.5, 0.6) is 0 Å². The number of nitro groups is 1. The summed E-state index contributed by atoms with van der Waals surface area (Å²) >= 11 is 0. The fourth-order valence-electron chi connectivity index (χ4n) is 2.55. The van der Waals surface area contributed by atoms with Crippen LogP contribution in [0.4, 0.5) is 11.4 Å². The number of ether oxygens (including phenoxy) is 1. The van der Waals surface area contributed by atoms with Gasteiger partial charge in [-0.05, 0) is 19.1 Å². The molecule has 0 saturated carbocycles. The number of rotatable bonds is 6. The molecule has 0 aliphatic carbocycles. The molecule has 0 aromatic heterocycles. The van der Waals surface area contributed by atoms with Crippen LogP contribution in [0.3, 0.4) is 0 Å². The van der Waals surface area contributed by atoms with E-state index in [0.29, 0.717) is 37.6 Å². The van der Waals surface area contributed by atoms with Crippen LogP contribution in [0.25, 0.3) is 0 Å². The van der Waals surface area contributed by atoms with Crippen molar-refractivity contribution in [3.05, 3.63) is 33.9 Å². The smallest absolute Gasteiger partial charge is 0.292 e. The van der Waals surface area contributed by atoms with Gasteiger partial charge in [-0.1, -0.05) is 0 Å². The van der Waals surface area contributed by atoms with Gasteiger partial charge in [0.2, 0.25) is 0 Å². The average molecular weight is 304 g/mol. The molecule has 0 bridgehead atoms. The Bertz CT molecular complexity index is 562. The quantitative estimate of drug-likeness (QED) is 0.451. The molecule has 22 heavy (non-hydrogen) atoms. The van der Waals surface area contributed by atoms with Crippen LogP contribution in [-0.2, 0) is 4.74 Å². The molecule has 1 fully saturated rings. The standard InChI is InChI=1S/C15H20N4O3/c1-2-22-10-9-17-5-7-18(8-6-17)15-11-13(12-16)3-4-14(15)19(20)21/h3-4,11H,2,5-10H2,1H3. The molecule has 7 nitrogen and oxygen atoms in total. The number of hydrogen-bond donors (Lipinski definition) is 0. The van der Waals surface area contributed by atoms with Gasteiger partial charge in [0.15, 0.2) is 0 Å². The van der Waals surface area contributed by atoms with Gasteiger partial charge in [-0.2, -0.15) is 5.26 Å². The van der Waals surface area contributed by atoms with Crippen LogP contribution in [0.15, 0.2) is 18.2 Å². The van der Waals surface area contributed by atoms with Gasteiger partial charge in [-0.15, -0.1) is 0 Å². The summed E-state index contributed by atoms with van der Waals surface area (Å²) < 4.78 is 5.35. The van der Waals surface area contributed by atoms with E-state index < -0.39 is 4.92 Å². The predicted octanol–water partition coefficient (Wildman–Crippen LogP) is 1.62. The summed E-state index contributed by atoms with van der Waals surface area (Å²) in [5.41, 5.74) is 1.04. The number of anilines is 1. The van der Waals surface area contributed by atoms with E-state index in [0.717, 1.165) is 19.6 Å². The molecular weight excluding hydrogens is 284 g/mol. The van der Waals surface area contributed by atoms with Crippen LogP contribution in [0.2, 0.25) is 0 Å². The molecule has 118 valence electrons. The molecule has 0 unspecified atom stereocenters. The van der Waals surface area contributed by atoms with Gasteiger partial charge < -0.3 is 9.64 Å². The maximum Gasteiger partial charge on any atom is 0.292 e. The first kappa shape index (κ1) is 16.2. The van der Waals surface area contributed by atoms with Crippen LogP contribution in [0, 0.1) is 21.4 Å². The van der Waals surface area contributed by atoms with Gasteiger partial charge in [0.25, 0.3) is 5.69 Å². The Balaban J connectivity index is 2.04. The second-order valence-electron chi connectivity index (χ2n) is 5.10. The Morgan fingerprint density at radius 2 is 2.09 bits per heavy atom. The molecule has 1 heterocycles. The lowest BCUT2D eigenvalue weighted by atomic mass is 10.1. The molecular formula is C15H20N4O3. The summed E-state index contributed by atoms with van der Waals surface area (Å²) in [5.74, 6) is 0. The number of nitriles is 1. The molecule has 0 N–H and O–H groups in total. The van der Waals surface area contributed by atoms with E-state index in [1.165, 1.54) is 12.1 Å². The third kappa shape index (κ3) is 3.93. The van der Waals surface area contributed by atoms with E-state index in [1.54, 1.807) is 6.07 Å². The van der Waals surface area contributed by atoms with E-state index >= 15 is 0 Å². The second kappa shape index (κ2) is 7.73. The van der Waals surface area contributed by atoms with Gasteiger partial charge >= 0.3 is 0 Å². The first-order valence-electron chi connectivity index (χ1n) is 7.39. The molecule has 1 saturated heterocycles. The highest BCUT2D eigenvalue weighted by molar-refractivity contribution is 5.66. The second-order valence-corrected chi connectivity index (χ2v) is 5.10. The van der Waals surface area contributed by atoms with Crippen molar-refractivity contribution in [2.24, 2.45) is 0 Å². The molecule has 1 aliphatic heterocycles. The fourth-order valence-corrected chi connectivity index (χ4v) is 2.55. The van der Waals surface area contributed by atoms with Crippen molar-refractivity contribution < 1.29 is 9.66 Å². The van der Waals surface area contributed by atoms with Crippen molar-refractivity contribution in [3.8, 4) is 6.07 Å². The van der Waals surface area contributed by atoms with E-state index in [9.17, 15) is 10.1 Å². The molecule has 1 aliphatic rings. The molecule has 1 aromatic rings. The number of piperazine rings is 1. The maximum absolute atomic E-state index is 11.2. The normalized spacial score (nSPS) is 15.5. The summed E-state index contributed by atoms with van der Waals surface area (Å²) in [6.07, 6.45) is 0. The molecule has 0 amide bonds. The highest BCUT2D eigenvalue weighted by Crippen LogP contribution is 2.29. The first-order chi connectivity index (χ1) is 10.7. The summed E-state index contributed by atoms with van der Waals surface area (Å²) in [6.45, 7) is 7.36. The highest BCUT2D eigenvalue weighted by atomic mass is 16.6. The summed E-state index contributed by atoms with van der Waals surface area (Å²) in [4.78, 5) is 15.0. The van der Waals surface area contributed by atoms with Crippen LogP contribution >= 0.6 is 0 Å². The van der Waals surface area contributed by atoms with E-state index in [2.05, 4.69) is 4.90 Å². The first-order valence-corrected chi connectivity index (χ1v) is 7.39. The van der Waals surface area contributed by atoms with Gasteiger partial charge in [-0.25, -0.2) is 0 Å². The predicted molar refractivity (Wildman–Crippen MR) is 83.0 cm³/mol. The Labute approximate surface area is 129 Å². The Kier molecular flexibility index (Phi) is 5.69. The molecule has 0 spiro atoms. The zero-order chi connectivity index (χ0) is 15.9. The highest BCUT2D eigenvalue weighted by Gasteiger charge is 2.23. The zero-order valence-electron chi connectivity index (χ0n) is 12.7. The molecule has 1 aromatic carbocycles. The molecule has 2 rings (SSSR count). The van der Waals surface area contributed by atoms with E-state index in [1.807, 2.05) is 17.9 Å². The van der Waals surface area contributed by atoms with Gasteiger partial charge in [0.05, 0.1) is 23.2 Å². The minimum absolute atomic E-state index is 0.0572. The largest absolute Gasteiger partial charge is 0.380 e. The van der Waals surface area contributed by atoms with E-state index in [4.69, 9.17) is 10.00 Å². The van der Waals surface area contributed by atoms with Crippen molar-refractivity contribution in [3.63, 3.8) is 0 Å². The lowest BCUT2D eigenvalue weighted by molar-refractivity contribution is -0.384. The monoisotopic (exact) mass is 304 g/mol. The van der Waals surface area contributed by atoms with Crippen LogP contribution < -0.4 is 4.90 Å². The van der Waals surface area contributed by atoms with Crippen LogP contribution in [0.1, 0.15) is 12.5 Å². The number of hydrogen-bond acceptors (Lipinski definition) is 6. The number of nitrogens with zero attached hydrogens (tertiary/aromatic N) is 4. The van der Waals surface area contributed by atoms with Crippen LogP contribution in [-0.4, -0.2) is 55.8 Å². The lowest BCUT2D eigenvalue weighted by Gasteiger charge is -2.35. The average Bonchev–Trinajstić information content (AvgIpc) is 2.55. The minimum Gasteiger partial charge on any atom is -0.380 e. The zero-order valence-corrected chi connectivity index (χ0v) is 12.7. The van der Waals surface area contributed by atoms with Crippen molar-refractivity contribution in [1.29, 1.82) is 5.26 Å². The maximum atomic E-state index is 11.2. The number of benzene rings is 1. The van der Waals surface area contributed by atoms with E-state index in [-0.39, 0.29) is 5.69 Å². The minimum atomic E-state index is -0.391. The van der Waals surface area contributed by atoms with Crippen molar-refractivity contribution in [1.82, 2.24) is 4.90 Å². The fraction of sp³-hybridized carbons (Fsp3) is 0.533. The van der Waals surface area contributed by atoms with Crippen molar-refractivity contribution in [2.45, 2.75) is 6.92 Å². The molecule has 0 radical (unpaired) electrons. The number of nitro benzene ring substituents is 1. The van der Waals surface area contributed by atoms with Gasteiger partial charge in [0.1, 0.15) is 5.69 Å². The Morgan fingerprint density at radius 1 is 1.36 bits per heavy atom. The Hall–Kier alpha value is -2.17. The third-order valence-corrected chi connectivity index (χ3v) is 3.77. The topological polar surface area (TPSA) is 82.6 Å². The molecule has 0 atom stereocenters. The summed E-state index contributed by atoms with van der Waals surface area (Å²) in [6, 6.07) is 6.54. The SMILES string of the molecule is CCOCCN1CCN(c2cc(C#N)ccc2[N+](=O)[O-])CC1. The Morgan fingerprint density at radius 3 is 2.68 bits per heavy atom. The third-order valence-electron chi connectivity index (χ3n) is 3.77. The van der Waals surface area contributed by atoms with Crippen molar-refractivity contribution in [2.75, 3.05) is 50.8 Å². The summed E-state index contributed by atoms with van der Waals surface area (Å²) in [7, 11) is 0. The van der Waals surface area contributed by atoms with Gasteiger partial charge in [-0.3, -0.25) is 15.0 Å². The lowest BCUT2D eigenvalue weighted by Crippen LogP contribution is -2.47.